The average Bonchev–Trinajstić information content (AvgIpc) is 1.86. The minimum absolute atomic E-state index is 0. The number of hydrogen-bond donors (Lipinski definition) is 1. The van der Waals surface area contributed by atoms with Crippen molar-refractivity contribution in [1.82, 2.24) is 0 Å². The maximum absolute atomic E-state index is 10.5. The van der Waals surface area contributed by atoms with Gasteiger partial charge in [0, 0.05) is 45.2 Å². The molecule has 0 fully saturated rings. The molecule has 0 rings (SSSR count). The van der Waals surface area contributed by atoms with Gasteiger partial charge in [0.25, 0.3) is 0 Å². The van der Waals surface area contributed by atoms with Gasteiger partial charge in [0.1, 0.15) is 5.78 Å². The van der Waals surface area contributed by atoms with E-state index in [9.17, 15) is 14.7 Å². The van der Waals surface area contributed by atoms with Gasteiger partial charge in [-0.15, -0.1) is 5.41 Å². The van der Waals surface area contributed by atoms with Crippen LogP contribution in [0.25, 0.3) is 0 Å². The molecule has 0 unspecified atom stereocenters. The maximum atomic E-state index is 10.5. The Kier molecular flexibility index (Phi) is 7.39. The van der Waals surface area contributed by atoms with Crippen molar-refractivity contribution in [3.8, 4) is 0 Å². The topological polar surface area (TPSA) is 54.4 Å². The van der Waals surface area contributed by atoms with Crippen LogP contribution in [0.2, 0.25) is 0 Å². The molecule has 0 aromatic rings. The summed E-state index contributed by atoms with van der Waals surface area (Å²) in [6.07, 6.45) is 0.791. The van der Waals surface area contributed by atoms with Crippen LogP contribution < -0.4 is 0 Å². The van der Waals surface area contributed by atoms with Gasteiger partial charge in [-0.25, -0.2) is 0 Å². The van der Waals surface area contributed by atoms with Crippen molar-refractivity contribution in [2.45, 2.75) is 33.3 Å². The quantitative estimate of drug-likeness (QED) is 0.733. The van der Waals surface area contributed by atoms with Gasteiger partial charge in [-0.1, -0.05) is 13.8 Å². The minimum atomic E-state index is -0.939. The first-order chi connectivity index (χ1) is 4.90. The van der Waals surface area contributed by atoms with Gasteiger partial charge >= 0.3 is 0 Å². The fourth-order valence-electron chi connectivity index (χ4n) is 0.595. The molecule has 0 aliphatic carbocycles. The van der Waals surface area contributed by atoms with Gasteiger partial charge in [-0.05, 0) is 6.92 Å². The molecule has 4 heteroatoms. The number of ketones is 1. The number of hydrogen-bond acceptors (Lipinski definition) is 3. The fraction of sp³-hybridized carbons (Fsp3) is 0.750. The van der Waals surface area contributed by atoms with E-state index in [0.29, 0.717) is 0 Å². The van der Waals surface area contributed by atoms with Crippen LogP contribution in [-0.2, 0) is 42.3 Å². The zero-order valence-corrected chi connectivity index (χ0v) is 10.5. The second kappa shape index (κ2) is 5.95. The van der Waals surface area contributed by atoms with E-state index in [1.165, 1.54) is 6.92 Å². The summed E-state index contributed by atoms with van der Waals surface area (Å²) >= 11 is 0. The molecule has 1 N–H and O–H groups in total. The van der Waals surface area contributed by atoms with Crippen LogP contribution in [-0.4, -0.2) is 23.3 Å². The molecule has 0 spiro atoms. The van der Waals surface area contributed by atoms with Crippen LogP contribution in [0.5, 0.6) is 0 Å². The zero-order chi connectivity index (χ0) is 9.07. The molecule has 1 atom stereocenters. The van der Waals surface area contributed by atoms with Crippen LogP contribution in [0.15, 0.2) is 0 Å². The molecule has 0 aliphatic heterocycles. The SMILES string of the molecule is CC(=O)C[C@H](O)C(C)(C)[C-]=O.[Y]. The number of carbonyl (C=O) groups is 1. The summed E-state index contributed by atoms with van der Waals surface area (Å²) in [7, 11) is 0. The first-order valence-corrected chi connectivity index (χ1v) is 3.47. The summed E-state index contributed by atoms with van der Waals surface area (Å²) in [5, 5.41) is 9.26. The third kappa shape index (κ3) is 5.12. The maximum Gasteiger partial charge on any atom is 0.132 e. The Morgan fingerprint density at radius 2 is 2.00 bits per heavy atom. The van der Waals surface area contributed by atoms with E-state index in [0.717, 1.165) is 0 Å². The molecular formula is C8H13O3Y-. The van der Waals surface area contributed by atoms with Crippen molar-refractivity contribution in [2.24, 2.45) is 5.41 Å². The van der Waals surface area contributed by atoms with E-state index in [-0.39, 0.29) is 44.9 Å². The van der Waals surface area contributed by atoms with Gasteiger partial charge in [-0.2, -0.15) is 0 Å². The van der Waals surface area contributed by atoms with Crippen molar-refractivity contribution < 1.29 is 47.4 Å². The predicted molar refractivity (Wildman–Crippen MR) is 40.8 cm³/mol. The molecule has 0 aromatic carbocycles. The van der Waals surface area contributed by atoms with Crippen molar-refractivity contribution in [3.05, 3.63) is 0 Å². The monoisotopic (exact) mass is 246 g/mol. The summed E-state index contributed by atoms with van der Waals surface area (Å²) in [4.78, 5) is 20.8. The van der Waals surface area contributed by atoms with Crippen molar-refractivity contribution >= 4 is 12.1 Å². The van der Waals surface area contributed by atoms with E-state index in [1.807, 2.05) is 0 Å². The second-order valence-electron chi connectivity index (χ2n) is 3.25. The fourth-order valence-corrected chi connectivity index (χ4v) is 0.595. The molecule has 0 aromatic heterocycles. The van der Waals surface area contributed by atoms with E-state index in [2.05, 4.69) is 0 Å². The molecule has 1 radical (unpaired) electrons. The Labute approximate surface area is 97.8 Å². The number of rotatable bonds is 4. The molecule has 3 nitrogen and oxygen atoms in total. The molecule has 0 saturated heterocycles. The van der Waals surface area contributed by atoms with Crippen LogP contribution >= 0.6 is 0 Å². The van der Waals surface area contributed by atoms with E-state index >= 15 is 0 Å². The van der Waals surface area contributed by atoms with E-state index < -0.39 is 11.5 Å². The normalized spacial score (nSPS) is 13.0. The Bertz CT molecular complexity index is 166. The Hall–Kier alpha value is 0.404. The first-order valence-electron chi connectivity index (χ1n) is 3.47. The van der Waals surface area contributed by atoms with Crippen molar-refractivity contribution in [3.63, 3.8) is 0 Å². The Morgan fingerprint density at radius 1 is 1.58 bits per heavy atom. The Morgan fingerprint density at radius 3 is 2.25 bits per heavy atom. The van der Waals surface area contributed by atoms with Crippen LogP contribution in [0.1, 0.15) is 27.2 Å². The zero-order valence-electron chi connectivity index (χ0n) is 7.63. The van der Waals surface area contributed by atoms with Gasteiger partial charge < -0.3 is 9.90 Å². The number of aliphatic hydroxyl groups is 1. The second-order valence-corrected chi connectivity index (χ2v) is 3.25. The van der Waals surface area contributed by atoms with Gasteiger partial charge in [0.15, 0.2) is 0 Å². The van der Waals surface area contributed by atoms with Crippen LogP contribution in [0, 0.1) is 5.41 Å². The summed E-state index contributed by atoms with van der Waals surface area (Å²) < 4.78 is 0. The minimum Gasteiger partial charge on any atom is -0.541 e. The van der Waals surface area contributed by atoms with Crippen LogP contribution in [0.4, 0.5) is 0 Å². The number of Topliss-reactive ketones (excluding diaryl/α,β-unsaturated/α-hetero) is 1. The van der Waals surface area contributed by atoms with Gasteiger partial charge in [0.2, 0.25) is 0 Å². The average molecular weight is 246 g/mol. The van der Waals surface area contributed by atoms with Crippen molar-refractivity contribution in [1.29, 1.82) is 0 Å². The Balaban J connectivity index is 0. The summed E-state index contributed by atoms with van der Waals surface area (Å²) in [5.74, 6) is -0.124. The van der Waals surface area contributed by atoms with Gasteiger partial charge in [-0.3, -0.25) is 11.1 Å². The van der Waals surface area contributed by atoms with E-state index in [4.69, 9.17) is 0 Å². The van der Waals surface area contributed by atoms with Crippen LogP contribution in [0.3, 0.4) is 0 Å². The summed E-state index contributed by atoms with van der Waals surface area (Å²) in [5.41, 5.74) is -0.939. The molecule has 67 valence electrons. The molecule has 12 heavy (non-hydrogen) atoms. The molecule has 0 heterocycles. The number of carbonyl (C=O) groups excluding carboxylic acids is 2. The molecule has 0 saturated carbocycles. The van der Waals surface area contributed by atoms with E-state index in [1.54, 1.807) is 20.1 Å². The molecule has 0 aliphatic rings. The standard InChI is InChI=1S/C8H13O3.Y/c1-6(10)4-7(11)8(2,3)5-9;/h7,11H,4H2,1-3H3;/q-1;/t7-;/m0./s1. The third-order valence-electron chi connectivity index (χ3n) is 1.58. The van der Waals surface area contributed by atoms with Gasteiger partial charge in [0.05, 0.1) is 0 Å². The molecule has 0 bridgehead atoms. The molecular weight excluding hydrogens is 233 g/mol. The summed E-state index contributed by atoms with van der Waals surface area (Å²) in [6, 6.07) is 0. The smallest absolute Gasteiger partial charge is 0.132 e. The van der Waals surface area contributed by atoms with Crippen molar-refractivity contribution in [2.75, 3.05) is 0 Å². The first kappa shape index (κ1) is 14.9. The molecule has 0 amide bonds. The number of aliphatic hydroxyl groups excluding tert-OH is 1. The predicted octanol–water partition coefficient (Wildman–Crippen LogP) is 0.460. The summed E-state index contributed by atoms with van der Waals surface area (Å²) in [6.45, 7) is 4.48. The third-order valence-corrected chi connectivity index (χ3v) is 1.58. The largest absolute Gasteiger partial charge is 0.541 e.